The molecule has 0 aromatic heterocycles. The van der Waals surface area contributed by atoms with Crippen LogP contribution in [-0.4, -0.2) is 48.6 Å². The van der Waals surface area contributed by atoms with Gasteiger partial charge in [-0.05, 0) is 20.8 Å². The average Bonchev–Trinajstić information content (AvgIpc) is 2.15. The smallest absolute Gasteiger partial charge is 0.325 e. The number of hydrogen-bond acceptors (Lipinski definition) is 4. The first-order valence-corrected chi connectivity index (χ1v) is 5.08. The molecule has 1 saturated heterocycles. The quantitative estimate of drug-likeness (QED) is 0.509. The number of hydrogen-bond donors (Lipinski definition) is 1. The van der Waals surface area contributed by atoms with Crippen molar-refractivity contribution in [2.45, 2.75) is 32.4 Å². The molecule has 5 nitrogen and oxygen atoms in total. The molecule has 0 spiro atoms. The Hall–Kier alpha value is -1.10. The van der Waals surface area contributed by atoms with Crippen LogP contribution < -0.4 is 5.32 Å². The van der Waals surface area contributed by atoms with E-state index in [4.69, 9.17) is 4.74 Å². The molecule has 0 saturated carbocycles. The Bertz CT molecular complexity index is 248. The second kappa shape index (κ2) is 4.61. The number of nitrogens with one attached hydrogen (secondary N) is 1. The summed E-state index contributed by atoms with van der Waals surface area (Å²) < 4.78 is 5.23. The minimum atomic E-state index is -0.484. The zero-order chi connectivity index (χ0) is 11.5. The fourth-order valence-corrected chi connectivity index (χ4v) is 1.40. The third-order valence-electron chi connectivity index (χ3n) is 2.05. The van der Waals surface area contributed by atoms with Crippen LogP contribution >= 0.6 is 0 Å². The van der Waals surface area contributed by atoms with Crippen LogP contribution in [-0.2, 0) is 14.3 Å². The molecule has 0 radical (unpaired) electrons. The van der Waals surface area contributed by atoms with Gasteiger partial charge in [0.25, 0.3) is 0 Å². The number of nitrogens with zero attached hydrogens (tertiary/aromatic N) is 1. The third kappa shape index (κ3) is 3.87. The van der Waals surface area contributed by atoms with E-state index in [-0.39, 0.29) is 5.97 Å². The first kappa shape index (κ1) is 12.0. The first-order valence-electron chi connectivity index (χ1n) is 5.08. The highest BCUT2D eigenvalue weighted by atomic mass is 16.6. The van der Waals surface area contributed by atoms with Crippen LogP contribution in [0.1, 0.15) is 20.8 Å². The summed E-state index contributed by atoms with van der Waals surface area (Å²) in [5.74, 6) is -0.297. The lowest BCUT2D eigenvalue weighted by atomic mass is 10.1. The van der Waals surface area contributed by atoms with Crippen molar-refractivity contribution in [2.75, 3.05) is 19.6 Å². The predicted molar refractivity (Wildman–Crippen MR) is 55.3 cm³/mol. The second-order valence-electron chi connectivity index (χ2n) is 4.64. The molecule has 1 unspecified atom stereocenters. The topological polar surface area (TPSA) is 58.6 Å². The molecular weight excluding hydrogens is 196 g/mol. The van der Waals surface area contributed by atoms with Crippen molar-refractivity contribution >= 4 is 12.4 Å². The summed E-state index contributed by atoms with van der Waals surface area (Å²) >= 11 is 0. The van der Waals surface area contributed by atoms with Crippen molar-refractivity contribution in [1.82, 2.24) is 10.2 Å². The van der Waals surface area contributed by atoms with E-state index >= 15 is 0 Å². The highest BCUT2D eigenvalue weighted by Crippen LogP contribution is 2.09. The fourth-order valence-electron chi connectivity index (χ4n) is 1.40. The van der Waals surface area contributed by atoms with Crippen LogP contribution in [0, 0.1) is 0 Å². The second-order valence-corrected chi connectivity index (χ2v) is 4.64. The van der Waals surface area contributed by atoms with Crippen molar-refractivity contribution in [3.63, 3.8) is 0 Å². The lowest BCUT2D eigenvalue weighted by molar-refractivity contribution is -0.158. The molecule has 1 aliphatic heterocycles. The SMILES string of the molecule is CC(C)(C)OC(=O)C1CN(C=O)CCN1. The van der Waals surface area contributed by atoms with Gasteiger partial charge in [0.05, 0.1) is 0 Å². The van der Waals surface area contributed by atoms with Crippen LogP contribution in [0.25, 0.3) is 0 Å². The minimum Gasteiger partial charge on any atom is -0.459 e. The van der Waals surface area contributed by atoms with Gasteiger partial charge in [-0.3, -0.25) is 9.59 Å². The average molecular weight is 214 g/mol. The molecule has 1 N–H and O–H groups in total. The maximum absolute atomic E-state index is 11.6. The number of carbonyl (C=O) groups excluding carboxylic acids is 2. The van der Waals surface area contributed by atoms with Crippen molar-refractivity contribution in [3.8, 4) is 0 Å². The maximum Gasteiger partial charge on any atom is 0.325 e. The summed E-state index contributed by atoms with van der Waals surface area (Å²) in [6.45, 7) is 7.13. The summed E-state index contributed by atoms with van der Waals surface area (Å²) in [6.07, 6.45) is 0.762. The molecule has 86 valence electrons. The van der Waals surface area contributed by atoms with Crippen molar-refractivity contribution < 1.29 is 14.3 Å². The maximum atomic E-state index is 11.6. The number of ether oxygens (including phenoxy) is 1. The lowest BCUT2D eigenvalue weighted by Crippen LogP contribution is -2.55. The van der Waals surface area contributed by atoms with Crippen molar-refractivity contribution in [3.05, 3.63) is 0 Å². The summed E-state index contributed by atoms with van der Waals surface area (Å²) in [5.41, 5.74) is -0.484. The molecule has 0 aromatic carbocycles. The van der Waals surface area contributed by atoms with E-state index in [1.165, 1.54) is 0 Å². The molecule has 0 aliphatic carbocycles. The molecular formula is C10H18N2O3. The monoisotopic (exact) mass is 214 g/mol. The molecule has 1 heterocycles. The third-order valence-corrected chi connectivity index (χ3v) is 2.05. The van der Waals surface area contributed by atoms with Crippen LogP contribution in [0.2, 0.25) is 0 Å². The van der Waals surface area contributed by atoms with Gasteiger partial charge in [-0.25, -0.2) is 0 Å². The number of carbonyl (C=O) groups is 2. The fraction of sp³-hybridized carbons (Fsp3) is 0.800. The van der Waals surface area contributed by atoms with E-state index in [1.807, 2.05) is 20.8 Å². The summed E-state index contributed by atoms with van der Waals surface area (Å²) in [6, 6.07) is -0.400. The molecule has 1 amide bonds. The van der Waals surface area contributed by atoms with Gasteiger partial charge in [-0.2, -0.15) is 0 Å². The van der Waals surface area contributed by atoms with Crippen molar-refractivity contribution in [2.24, 2.45) is 0 Å². The molecule has 0 aromatic rings. The standard InChI is InChI=1S/C10H18N2O3/c1-10(2,3)15-9(14)8-6-12(7-13)5-4-11-8/h7-8,11H,4-6H2,1-3H3. The van der Waals surface area contributed by atoms with Crippen LogP contribution in [0.5, 0.6) is 0 Å². The molecule has 15 heavy (non-hydrogen) atoms. The van der Waals surface area contributed by atoms with Gasteiger partial charge in [0.15, 0.2) is 0 Å². The normalized spacial score (nSPS) is 22.3. The minimum absolute atomic E-state index is 0.297. The number of esters is 1. The van der Waals surface area contributed by atoms with Crippen LogP contribution in [0.15, 0.2) is 0 Å². The molecule has 1 aliphatic rings. The lowest BCUT2D eigenvalue weighted by Gasteiger charge is -2.31. The van der Waals surface area contributed by atoms with E-state index in [9.17, 15) is 9.59 Å². The Kier molecular flexibility index (Phi) is 3.68. The van der Waals surface area contributed by atoms with E-state index in [2.05, 4.69) is 5.32 Å². The van der Waals surface area contributed by atoms with Gasteiger partial charge in [-0.1, -0.05) is 0 Å². The highest BCUT2D eigenvalue weighted by molar-refractivity contribution is 5.77. The summed E-state index contributed by atoms with van der Waals surface area (Å²) in [4.78, 5) is 23.8. The largest absolute Gasteiger partial charge is 0.459 e. The van der Waals surface area contributed by atoms with E-state index in [1.54, 1.807) is 4.90 Å². The molecule has 5 heteroatoms. The van der Waals surface area contributed by atoms with Gasteiger partial charge < -0.3 is 15.0 Å². The Morgan fingerprint density at radius 3 is 2.73 bits per heavy atom. The molecule has 1 atom stereocenters. The molecule has 1 rings (SSSR count). The zero-order valence-electron chi connectivity index (χ0n) is 9.45. The first-order chi connectivity index (χ1) is 6.92. The Morgan fingerprint density at radius 1 is 1.53 bits per heavy atom. The zero-order valence-corrected chi connectivity index (χ0v) is 9.45. The number of amides is 1. The van der Waals surface area contributed by atoms with E-state index < -0.39 is 11.6 Å². The Labute approximate surface area is 89.8 Å². The Morgan fingerprint density at radius 2 is 2.20 bits per heavy atom. The van der Waals surface area contributed by atoms with Crippen LogP contribution in [0.4, 0.5) is 0 Å². The van der Waals surface area contributed by atoms with Gasteiger partial charge in [0.1, 0.15) is 11.6 Å². The molecule has 0 bridgehead atoms. The predicted octanol–water partition coefficient (Wildman–Crippen LogP) is -0.242. The van der Waals surface area contributed by atoms with Crippen LogP contribution in [0.3, 0.4) is 0 Å². The van der Waals surface area contributed by atoms with Gasteiger partial charge >= 0.3 is 5.97 Å². The Balaban J connectivity index is 2.49. The van der Waals surface area contributed by atoms with Gasteiger partial charge in [0.2, 0.25) is 6.41 Å². The van der Waals surface area contributed by atoms with Crippen molar-refractivity contribution in [1.29, 1.82) is 0 Å². The summed E-state index contributed by atoms with van der Waals surface area (Å²) in [7, 11) is 0. The molecule has 1 fully saturated rings. The number of rotatable bonds is 2. The van der Waals surface area contributed by atoms with E-state index in [0.717, 1.165) is 6.41 Å². The summed E-state index contributed by atoms with van der Waals surface area (Å²) in [5, 5.41) is 3.03. The van der Waals surface area contributed by atoms with Gasteiger partial charge in [0, 0.05) is 19.6 Å². The van der Waals surface area contributed by atoms with Gasteiger partial charge in [-0.15, -0.1) is 0 Å². The van der Waals surface area contributed by atoms with E-state index in [0.29, 0.717) is 19.6 Å². The highest BCUT2D eigenvalue weighted by Gasteiger charge is 2.28. The number of piperazine rings is 1.